The van der Waals surface area contributed by atoms with Gasteiger partial charge < -0.3 is 10.4 Å². The third kappa shape index (κ3) is 4.23. The quantitative estimate of drug-likeness (QED) is 0.811. The number of carboxylic acid groups (broad SMARTS) is 1. The summed E-state index contributed by atoms with van der Waals surface area (Å²) in [7, 11) is 0. The molecule has 0 spiro atoms. The lowest BCUT2D eigenvalue weighted by Crippen LogP contribution is -2.28. The zero-order chi connectivity index (χ0) is 14.4. The first kappa shape index (κ1) is 14.3. The van der Waals surface area contributed by atoms with Gasteiger partial charge in [0.25, 0.3) is 5.91 Å². The molecule has 1 aliphatic carbocycles. The van der Waals surface area contributed by atoms with E-state index in [0.29, 0.717) is 17.0 Å². The van der Waals surface area contributed by atoms with E-state index in [0.717, 1.165) is 12.6 Å². The van der Waals surface area contributed by atoms with E-state index >= 15 is 0 Å². The Morgan fingerprint density at radius 3 is 2.75 bits per heavy atom. The molecule has 106 valence electrons. The molecule has 1 fully saturated rings. The summed E-state index contributed by atoms with van der Waals surface area (Å²) in [6, 6.07) is 6.96. The van der Waals surface area contributed by atoms with E-state index in [1.807, 2.05) is 0 Å². The highest BCUT2D eigenvalue weighted by Crippen LogP contribution is 2.23. The Kier molecular flexibility index (Phi) is 4.93. The van der Waals surface area contributed by atoms with Crippen LogP contribution < -0.4 is 5.32 Å². The number of carbonyl (C=O) groups is 2. The van der Waals surface area contributed by atoms with Crippen molar-refractivity contribution in [1.29, 1.82) is 0 Å². The van der Waals surface area contributed by atoms with Gasteiger partial charge in [0, 0.05) is 18.2 Å². The lowest BCUT2D eigenvalue weighted by molar-refractivity contribution is -0.131. The molecule has 0 aliphatic heterocycles. The first-order valence-electron chi connectivity index (χ1n) is 6.94. The van der Waals surface area contributed by atoms with Crippen LogP contribution in [-0.2, 0) is 4.79 Å². The van der Waals surface area contributed by atoms with Crippen LogP contribution in [0.3, 0.4) is 0 Å². The number of carbonyl (C=O) groups excluding carboxylic acids is 1. The van der Waals surface area contributed by atoms with Crippen LogP contribution in [0.25, 0.3) is 6.08 Å². The van der Waals surface area contributed by atoms with Gasteiger partial charge in [-0.2, -0.15) is 0 Å². The van der Waals surface area contributed by atoms with Crippen LogP contribution in [-0.4, -0.2) is 23.5 Å². The molecular formula is C16H19NO3. The number of amides is 1. The van der Waals surface area contributed by atoms with Crippen LogP contribution in [0, 0.1) is 5.92 Å². The van der Waals surface area contributed by atoms with Crippen LogP contribution in [0.1, 0.15) is 41.6 Å². The maximum Gasteiger partial charge on any atom is 0.328 e. The molecule has 1 aromatic carbocycles. The fourth-order valence-corrected chi connectivity index (χ4v) is 2.50. The fraction of sp³-hybridized carbons (Fsp3) is 0.375. The molecule has 0 unspecified atom stereocenters. The maximum absolute atomic E-state index is 12.0. The summed E-state index contributed by atoms with van der Waals surface area (Å²) in [5, 5.41) is 11.5. The van der Waals surface area contributed by atoms with E-state index in [1.54, 1.807) is 24.3 Å². The molecule has 20 heavy (non-hydrogen) atoms. The molecule has 1 aliphatic rings. The summed E-state index contributed by atoms with van der Waals surface area (Å²) in [5.74, 6) is -0.488. The van der Waals surface area contributed by atoms with E-state index in [-0.39, 0.29) is 5.91 Å². The van der Waals surface area contributed by atoms with Crippen molar-refractivity contribution in [2.75, 3.05) is 6.54 Å². The molecule has 2 N–H and O–H groups in total. The van der Waals surface area contributed by atoms with Gasteiger partial charge in [0.1, 0.15) is 0 Å². The van der Waals surface area contributed by atoms with Gasteiger partial charge in [-0.3, -0.25) is 4.79 Å². The van der Waals surface area contributed by atoms with Gasteiger partial charge in [-0.05, 0) is 42.5 Å². The normalized spacial score (nSPS) is 15.6. The molecular weight excluding hydrogens is 254 g/mol. The summed E-state index contributed by atoms with van der Waals surface area (Å²) < 4.78 is 0. The zero-order valence-corrected chi connectivity index (χ0v) is 11.3. The van der Waals surface area contributed by atoms with Crippen molar-refractivity contribution in [2.45, 2.75) is 25.7 Å². The Bertz CT molecular complexity index is 516. The van der Waals surface area contributed by atoms with Gasteiger partial charge >= 0.3 is 5.97 Å². The van der Waals surface area contributed by atoms with Crippen molar-refractivity contribution in [3.05, 3.63) is 41.5 Å². The van der Waals surface area contributed by atoms with Crippen LogP contribution in [0.15, 0.2) is 30.3 Å². The summed E-state index contributed by atoms with van der Waals surface area (Å²) in [4.78, 5) is 22.5. The smallest absolute Gasteiger partial charge is 0.328 e. The average Bonchev–Trinajstić information content (AvgIpc) is 2.96. The first-order valence-corrected chi connectivity index (χ1v) is 6.94. The van der Waals surface area contributed by atoms with E-state index in [4.69, 9.17) is 5.11 Å². The Morgan fingerprint density at radius 1 is 1.30 bits per heavy atom. The summed E-state index contributed by atoms with van der Waals surface area (Å²) >= 11 is 0. The molecule has 2 rings (SSSR count). The minimum atomic E-state index is -0.999. The summed E-state index contributed by atoms with van der Waals surface area (Å²) in [5.41, 5.74) is 1.27. The topological polar surface area (TPSA) is 66.4 Å². The van der Waals surface area contributed by atoms with E-state index < -0.39 is 5.97 Å². The fourth-order valence-electron chi connectivity index (χ4n) is 2.50. The first-order chi connectivity index (χ1) is 9.65. The molecule has 0 heterocycles. The third-order valence-corrected chi connectivity index (χ3v) is 3.59. The molecule has 0 saturated heterocycles. The predicted molar refractivity (Wildman–Crippen MR) is 77.4 cm³/mol. The van der Waals surface area contributed by atoms with Crippen LogP contribution >= 0.6 is 0 Å². The third-order valence-electron chi connectivity index (χ3n) is 3.59. The molecule has 4 heteroatoms. The van der Waals surface area contributed by atoms with Crippen molar-refractivity contribution in [3.8, 4) is 0 Å². The van der Waals surface area contributed by atoms with E-state index in [1.165, 1.54) is 31.8 Å². The van der Waals surface area contributed by atoms with Crippen LogP contribution in [0.5, 0.6) is 0 Å². The number of nitrogens with one attached hydrogen (secondary N) is 1. The van der Waals surface area contributed by atoms with E-state index in [9.17, 15) is 9.59 Å². The highest BCUT2D eigenvalue weighted by molar-refractivity contribution is 5.95. The molecule has 0 bridgehead atoms. The number of hydrogen-bond donors (Lipinski definition) is 2. The van der Waals surface area contributed by atoms with Crippen molar-refractivity contribution in [3.63, 3.8) is 0 Å². The van der Waals surface area contributed by atoms with Crippen molar-refractivity contribution in [2.24, 2.45) is 5.92 Å². The highest BCUT2D eigenvalue weighted by Gasteiger charge is 2.16. The number of carboxylic acids is 1. The van der Waals surface area contributed by atoms with Gasteiger partial charge in [-0.1, -0.05) is 25.0 Å². The molecule has 0 radical (unpaired) electrons. The lowest BCUT2D eigenvalue weighted by atomic mass is 10.1. The minimum Gasteiger partial charge on any atom is -0.478 e. The van der Waals surface area contributed by atoms with Crippen molar-refractivity contribution < 1.29 is 14.7 Å². The number of rotatable bonds is 5. The molecule has 1 amide bonds. The van der Waals surface area contributed by atoms with Gasteiger partial charge in [-0.25, -0.2) is 4.79 Å². The van der Waals surface area contributed by atoms with Gasteiger partial charge in [0.05, 0.1) is 0 Å². The SMILES string of the molecule is O=C(O)C=Cc1cccc(C(=O)NCC2CCCC2)c1. The second-order valence-corrected chi connectivity index (χ2v) is 5.16. The number of aliphatic carboxylic acids is 1. The standard InChI is InChI=1S/C16H19NO3/c18-15(19)9-8-12-6-3-7-14(10-12)16(20)17-11-13-4-1-2-5-13/h3,6-10,13H,1-2,4-5,11H2,(H,17,20)(H,18,19). The van der Waals surface area contributed by atoms with E-state index in [2.05, 4.69) is 5.32 Å². The van der Waals surface area contributed by atoms with Gasteiger partial charge in [0.15, 0.2) is 0 Å². The maximum atomic E-state index is 12.0. The van der Waals surface area contributed by atoms with Crippen LogP contribution in [0.4, 0.5) is 0 Å². The Balaban J connectivity index is 1.95. The molecule has 1 aromatic rings. The molecule has 4 nitrogen and oxygen atoms in total. The van der Waals surface area contributed by atoms with Crippen molar-refractivity contribution >= 4 is 18.0 Å². The Morgan fingerprint density at radius 2 is 2.05 bits per heavy atom. The number of hydrogen-bond acceptors (Lipinski definition) is 2. The summed E-state index contributed by atoms with van der Waals surface area (Å²) in [6.07, 6.45) is 7.46. The highest BCUT2D eigenvalue weighted by atomic mass is 16.4. The molecule has 1 saturated carbocycles. The monoisotopic (exact) mass is 273 g/mol. The lowest BCUT2D eigenvalue weighted by Gasteiger charge is -2.10. The zero-order valence-electron chi connectivity index (χ0n) is 11.3. The number of benzene rings is 1. The predicted octanol–water partition coefficient (Wildman–Crippen LogP) is 2.70. The Labute approximate surface area is 118 Å². The van der Waals surface area contributed by atoms with Gasteiger partial charge in [-0.15, -0.1) is 0 Å². The molecule has 0 atom stereocenters. The Hall–Kier alpha value is -2.10. The summed E-state index contributed by atoms with van der Waals surface area (Å²) in [6.45, 7) is 0.730. The van der Waals surface area contributed by atoms with Crippen LogP contribution in [0.2, 0.25) is 0 Å². The average molecular weight is 273 g/mol. The van der Waals surface area contributed by atoms with Gasteiger partial charge in [0.2, 0.25) is 0 Å². The minimum absolute atomic E-state index is 0.0949. The largest absolute Gasteiger partial charge is 0.478 e. The second-order valence-electron chi connectivity index (χ2n) is 5.16. The molecule has 0 aromatic heterocycles. The second kappa shape index (κ2) is 6.89. The van der Waals surface area contributed by atoms with Crippen molar-refractivity contribution in [1.82, 2.24) is 5.32 Å².